The number of rotatable bonds is 32. The second kappa shape index (κ2) is 44.5. The van der Waals surface area contributed by atoms with Crippen LogP contribution in [-0.2, 0) is 61.0 Å². The number of hydrogen-bond donors (Lipinski definition) is 10. The summed E-state index contributed by atoms with van der Waals surface area (Å²) in [5, 5.41) is 41.1. The third-order valence-electron chi connectivity index (χ3n) is 10.6. The van der Waals surface area contributed by atoms with E-state index in [1.807, 2.05) is 60.7 Å². The van der Waals surface area contributed by atoms with Crippen LogP contribution in [-0.4, -0.2) is 226 Å². The molecule has 87 heavy (non-hydrogen) atoms. The summed E-state index contributed by atoms with van der Waals surface area (Å²) < 4.78 is 127. The van der Waals surface area contributed by atoms with Crippen molar-refractivity contribution in [2.75, 3.05) is 91.6 Å². The Morgan fingerprint density at radius 3 is 0.862 bits per heavy atom. The maximum atomic E-state index is 14.3. The monoisotopic (exact) mass is 1280 g/mol. The highest BCUT2D eigenvalue weighted by atomic mass is 19.4. The highest BCUT2D eigenvalue weighted by Crippen LogP contribution is 2.16. The lowest BCUT2D eigenvalue weighted by atomic mass is 10.2. The van der Waals surface area contributed by atoms with Gasteiger partial charge in [0.2, 0.25) is 29.5 Å². The van der Waals surface area contributed by atoms with E-state index in [2.05, 4.69) is 5.32 Å². The molecular weight excluding hydrogens is 1210 g/mol. The lowest BCUT2D eigenvalue weighted by molar-refractivity contribution is -0.193. The third kappa shape index (κ3) is 43.4. The summed E-state index contributed by atoms with van der Waals surface area (Å²) in [4.78, 5) is 123. The van der Waals surface area contributed by atoms with E-state index in [1.165, 1.54) is 24.5 Å². The molecular formula is C50H72F12N10O15. The molecule has 0 bridgehead atoms. The average molecular weight is 1280 g/mol. The molecule has 2 aromatic carbocycles. The lowest BCUT2D eigenvalue weighted by Crippen LogP contribution is -2.51. The third-order valence-corrected chi connectivity index (χ3v) is 10.6. The summed E-state index contributed by atoms with van der Waals surface area (Å²) in [6, 6.07) is 18.7. The minimum Gasteiger partial charge on any atom is -0.480 e. The van der Waals surface area contributed by atoms with Crippen molar-refractivity contribution in [2.24, 2.45) is 22.9 Å². The Labute approximate surface area is 490 Å². The minimum atomic E-state index is -5.08. The summed E-state index contributed by atoms with van der Waals surface area (Å²) in [6.07, 6.45) is -15.8. The van der Waals surface area contributed by atoms with Crippen molar-refractivity contribution in [1.82, 2.24) is 29.8 Å². The van der Waals surface area contributed by atoms with Gasteiger partial charge < -0.3 is 78.3 Å². The molecule has 0 radical (unpaired) electrons. The van der Waals surface area contributed by atoms with Crippen LogP contribution in [0.25, 0.3) is 0 Å². The SMILES string of the molecule is NCCCCN(CC(=O)O)C(=O)CN(CCCCN)C(=O)CN(Cc1ccccc1)C(=O)CN(CCCCN)C(=O)CN(CCCCN)C(=O)CNCc1ccccc1.O=C(O)C(F)(F)F.O=C(O)C(F)(F)F.O=C(O)C(F)(F)F.O=C(O)C(F)(F)F. The number of unbranched alkanes of at least 4 members (excludes halogenated alkanes) is 4. The van der Waals surface area contributed by atoms with Crippen LogP contribution in [0.15, 0.2) is 60.7 Å². The summed E-state index contributed by atoms with van der Waals surface area (Å²) >= 11 is 0. The molecule has 37 heteroatoms. The average Bonchev–Trinajstić information content (AvgIpc) is 3.42. The maximum Gasteiger partial charge on any atom is 0.490 e. The van der Waals surface area contributed by atoms with Crippen LogP contribution in [0.5, 0.6) is 0 Å². The molecule has 0 aliphatic heterocycles. The number of nitrogens with one attached hydrogen (secondary N) is 1. The van der Waals surface area contributed by atoms with Crippen LogP contribution in [0.3, 0.4) is 0 Å². The molecule has 2 aromatic rings. The number of alkyl halides is 12. The first-order valence-electron chi connectivity index (χ1n) is 25.7. The zero-order valence-corrected chi connectivity index (χ0v) is 46.6. The van der Waals surface area contributed by atoms with E-state index in [4.69, 9.17) is 62.5 Å². The summed E-state index contributed by atoms with van der Waals surface area (Å²) in [5.74, 6) is -14.5. The van der Waals surface area contributed by atoms with Gasteiger partial charge >= 0.3 is 54.6 Å². The molecule has 0 saturated carbocycles. The number of amides is 5. The number of carbonyl (C=O) groups is 10. The van der Waals surface area contributed by atoms with Crippen molar-refractivity contribution in [2.45, 2.75) is 89.2 Å². The molecule has 2 rings (SSSR count). The van der Waals surface area contributed by atoms with E-state index in [0.717, 1.165) is 11.1 Å². The highest BCUT2D eigenvalue weighted by Gasteiger charge is 2.40. The molecule has 0 atom stereocenters. The second-order valence-electron chi connectivity index (χ2n) is 17.7. The number of aliphatic carboxylic acids is 5. The van der Waals surface area contributed by atoms with Gasteiger partial charge in [0.1, 0.15) is 13.1 Å². The highest BCUT2D eigenvalue weighted by molar-refractivity contribution is 5.92. The topological polar surface area (TPSA) is 404 Å². The largest absolute Gasteiger partial charge is 0.490 e. The molecule has 0 aromatic heterocycles. The van der Waals surface area contributed by atoms with Gasteiger partial charge in [0.05, 0.1) is 26.2 Å². The molecule has 0 unspecified atom stereocenters. The fourth-order valence-corrected chi connectivity index (χ4v) is 6.23. The van der Waals surface area contributed by atoms with E-state index in [1.54, 1.807) is 0 Å². The number of nitrogens with zero attached hydrogens (tertiary/aromatic N) is 5. The molecule has 5 amide bonds. The van der Waals surface area contributed by atoms with Crippen molar-refractivity contribution in [3.05, 3.63) is 71.8 Å². The Morgan fingerprint density at radius 1 is 0.356 bits per heavy atom. The number of nitrogens with two attached hydrogens (primary N) is 4. The molecule has 25 nitrogen and oxygen atoms in total. The fourth-order valence-electron chi connectivity index (χ4n) is 6.23. The van der Waals surface area contributed by atoms with Gasteiger partial charge in [-0.2, -0.15) is 52.7 Å². The molecule has 0 aliphatic rings. The van der Waals surface area contributed by atoms with Crippen LogP contribution >= 0.6 is 0 Å². The molecule has 0 saturated heterocycles. The van der Waals surface area contributed by atoms with Gasteiger partial charge in [0, 0.05) is 39.3 Å². The lowest BCUT2D eigenvalue weighted by Gasteiger charge is -2.32. The van der Waals surface area contributed by atoms with Gasteiger partial charge in [0.25, 0.3) is 0 Å². The van der Waals surface area contributed by atoms with Crippen LogP contribution in [0.4, 0.5) is 52.7 Å². The van der Waals surface area contributed by atoms with Crippen molar-refractivity contribution < 1.29 is 126 Å². The number of carbonyl (C=O) groups excluding carboxylic acids is 5. The van der Waals surface area contributed by atoms with Gasteiger partial charge in [-0.15, -0.1) is 0 Å². The smallest absolute Gasteiger partial charge is 0.480 e. The number of hydrogen-bond acceptors (Lipinski definition) is 15. The molecule has 0 aliphatic carbocycles. The van der Waals surface area contributed by atoms with Gasteiger partial charge in [0.15, 0.2) is 0 Å². The van der Waals surface area contributed by atoms with E-state index < -0.39 is 91.3 Å². The zero-order valence-electron chi connectivity index (χ0n) is 46.6. The first-order valence-corrected chi connectivity index (χ1v) is 25.7. The zero-order chi connectivity index (χ0) is 67.6. The van der Waals surface area contributed by atoms with Gasteiger partial charge in [-0.05, 0) is 88.7 Å². The van der Waals surface area contributed by atoms with E-state index in [9.17, 15) is 86.6 Å². The normalized spacial score (nSPS) is 11.0. The predicted octanol–water partition coefficient (Wildman–Crippen LogP) is 2.69. The van der Waals surface area contributed by atoms with E-state index >= 15 is 0 Å². The van der Waals surface area contributed by atoms with Crippen LogP contribution in [0.2, 0.25) is 0 Å². The summed E-state index contributed by atoms with van der Waals surface area (Å²) in [7, 11) is 0. The van der Waals surface area contributed by atoms with Crippen LogP contribution < -0.4 is 28.3 Å². The predicted molar refractivity (Wildman–Crippen MR) is 282 cm³/mol. The fraction of sp³-hybridized carbons (Fsp3) is 0.560. The van der Waals surface area contributed by atoms with Gasteiger partial charge in [-0.3, -0.25) is 28.8 Å². The molecule has 0 spiro atoms. The number of halogens is 12. The van der Waals surface area contributed by atoms with Crippen molar-refractivity contribution in [3.8, 4) is 0 Å². The second-order valence-corrected chi connectivity index (χ2v) is 17.7. The van der Waals surface area contributed by atoms with E-state index in [0.29, 0.717) is 90.6 Å². The Hall–Kier alpha value is -7.90. The number of benzene rings is 2. The Bertz CT molecular complexity index is 2280. The molecule has 14 N–H and O–H groups in total. The van der Waals surface area contributed by atoms with Crippen LogP contribution in [0, 0.1) is 0 Å². The van der Waals surface area contributed by atoms with Crippen molar-refractivity contribution in [1.29, 1.82) is 0 Å². The Morgan fingerprint density at radius 2 is 0.598 bits per heavy atom. The van der Waals surface area contributed by atoms with Crippen molar-refractivity contribution >= 4 is 59.4 Å². The first-order chi connectivity index (χ1) is 40.3. The Balaban J connectivity index is -0.00000205. The summed E-state index contributed by atoms with van der Waals surface area (Å²) in [5.41, 5.74) is 24.6. The molecule has 0 fully saturated rings. The standard InChI is InChI=1S/C42H68N10O7.4C2HF3O2/c43-19-7-11-23-48(37(53)28-47-27-35-15-3-1-4-16-35)30-38(54)50(25-13-9-21-45)32-41(57)52(29-36-17-5-2-6-18-36)33-40(56)49(24-12-8-20-44)31-39(55)51(34-42(58)59)26-14-10-22-46;4*3-2(4,5)1(6)7/h1-6,15-18,47H,7-14,19-34,43-46H2,(H,58,59);4*(H,6,7). The molecule has 0 heterocycles. The first kappa shape index (κ1) is 83.3. The quantitative estimate of drug-likeness (QED) is 0.0372. The summed E-state index contributed by atoms with van der Waals surface area (Å²) in [6.45, 7) is 1.02. The minimum absolute atomic E-state index is 0.00984. The maximum absolute atomic E-state index is 14.3. The van der Waals surface area contributed by atoms with Crippen LogP contribution in [0.1, 0.15) is 62.5 Å². The Kier molecular flexibility index (Phi) is 42.6. The number of carboxylic acid groups (broad SMARTS) is 5. The molecule has 496 valence electrons. The van der Waals surface area contributed by atoms with Gasteiger partial charge in [-0.1, -0.05) is 60.7 Å². The van der Waals surface area contributed by atoms with Gasteiger partial charge in [-0.25, -0.2) is 19.2 Å². The number of carboxylic acids is 5. The van der Waals surface area contributed by atoms with E-state index in [-0.39, 0.29) is 58.3 Å². The van der Waals surface area contributed by atoms with Crippen molar-refractivity contribution in [3.63, 3.8) is 0 Å².